The minimum atomic E-state index is -3.73. The first-order chi connectivity index (χ1) is 14.2. The van der Waals surface area contributed by atoms with E-state index >= 15 is 8.78 Å². The third-order valence-electron chi connectivity index (χ3n) is 4.26. The number of H-pyrrole nitrogens is 1. The zero-order valence-electron chi connectivity index (χ0n) is 15.4. The molecule has 0 aliphatic carbocycles. The van der Waals surface area contributed by atoms with Crippen molar-refractivity contribution in [2.24, 2.45) is 5.73 Å². The quantitative estimate of drug-likeness (QED) is 0.462. The molecule has 30 heavy (non-hydrogen) atoms. The number of aromatic amines is 1. The van der Waals surface area contributed by atoms with Crippen molar-refractivity contribution in [2.45, 2.75) is 12.8 Å². The molecule has 0 saturated heterocycles. The summed E-state index contributed by atoms with van der Waals surface area (Å²) < 4.78 is 43.3. The highest BCUT2D eigenvalue weighted by molar-refractivity contribution is 5.99. The molecule has 4 N–H and O–H groups in total. The number of benzene rings is 1. The number of aromatic nitrogens is 5. The van der Waals surface area contributed by atoms with Crippen molar-refractivity contribution in [3.8, 4) is 0 Å². The van der Waals surface area contributed by atoms with Gasteiger partial charge in [-0.2, -0.15) is 13.9 Å². The average molecular weight is 413 g/mol. The van der Waals surface area contributed by atoms with Crippen LogP contribution >= 0.6 is 0 Å². The van der Waals surface area contributed by atoms with Crippen molar-refractivity contribution in [3.63, 3.8) is 0 Å². The Labute approximate surface area is 167 Å². The van der Waals surface area contributed by atoms with Crippen molar-refractivity contribution in [3.05, 3.63) is 71.2 Å². The third kappa shape index (κ3) is 3.52. The number of aryl methyl sites for hydroxylation is 1. The van der Waals surface area contributed by atoms with Crippen LogP contribution < -0.4 is 11.1 Å². The molecule has 4 rings (SSSR count). The topological polar surface area (TPSA) is 122 Å². The highest BCUT2D eigenvalue weighted by atomic mass is 19.3. The predicted octanol–water partition coefficient (Wildman–Crippen LogP) is 3.18. The van der Waals surface area contributed by atoms with Crippen LogP contribution in [0.25, 0.3) is 10.9 Å². The minimum Gasteiger partial charge on any atom is -0.366 e. The molecule has 0 bridgehead atoms. The van der Waals surface area contributed by atoms with Crippen molar-refractivity contribution in [1.82, 2.24) is 25.1 Å². The summed E-state index contributed by atoms with van der Waals surface area (Å²) in [4.78, 5) is 22.9. The molecule has 3 aromatic heterocycles. The Morgan fingerprint density at radius 3 is 2.60 bits per heavy atom. The van der Waals surface area contributed by atoms with Gasteiger partial charge in [-0.25, -0.2) is 14.4 Å². The molecule has 0 spiro atoms. The van der Waals surface area contributed by atoms with Gasteiger partial charge < -0.3 is 11.1 Å². The van der Waals surface area contributed by atoms with Crippen LogP contribution in [0.15, 0.2) is 42.6 Å². The summed E-state index contributed by atoms with van der Waals surface area (Å²) in [5, 5.41) is 9.97. The number of hydrogen-bond acceptors (Lipinski definition) is 6. The second-order valence-corrected chi connectivity index (χ2v) is 6.49. The van der Waals surface area contributed by atoms with Crippen LogP contribution in [0.4, 0.5) is 24.8 Å². The number of pyridine rings is 1. The van der Waals surface area contributed by atoms with Crippen LogP contribution in [0.5, 0.6) is 0 Å². The van der Waals surface area contributed by atoms with E-state index < -0.39 is 29.2 Å². The van der Waals surface area contributed by atoms with E-state index in [0.717, 1.165) is 17.8 Å². The largest absolute Gasteiger partial charge is 0.366 e. The number of nitrogens with one attached hydrogen (secondary N) is 2. The Balaban J connectivity index is 1.90. The number of rotatable bonds is 5. The molecule has 0 radical (unpaired) electrons. The molecule has 4 aromatic rings. The molecule has 0 aliphatic rings. The van der Waals surface area contributed by atoms with E-state index in [1.165, 1.54) is 18.2 Å². The predicted molar refractivity (Wildman–Crippen MR) is 102 cm³/mol. The number of anilines is 2. The van der Waals surface area contributed by atoms with Crippen molar-refractivity contribution in [2.75, 3.05) is 5.32 Å². The summed E-state index contributed by atoms with van der Waals surface area (Å²) in [6.07, 6.45) is 0.682. The maximum atomic E-state index is 15.1. The van der Waals surface area contributed by atoms with E-state index in [2.05, 4.69) is 30.5 Å². The summed E-state index contributed by atoms with van der Waals surface area (Å²) in [5.74, 6) is -5.72. The zero-order chi connectivity index (χ0) is 21.5. The van der Waals surface area contributed by atoms with E-state index in [1.807, 2.05) is 0 Å². The van der Waals surface area contributed by atoms with E-state index in [4.69, 9.17) is 5.73 Å². The van der Waals surface area contributed by atoms with Gasteiger partial charge in [0, 0.05) is 22.7 Å². The Bertz CT molecular complexity index is 1250. The molecule has 0 saturated carbocycles. The number of alkyl halides is 2. The Kier molecular flexibility index (Phi) is 4.57. The number of nitrogens with zero attached hydrogens (tertiary/aromatic N) is 4. The molecule has 3 heterocycles. The fourth-order valence-corrected chi connectivity index (χ4v) is 2.80. The van der Waals surface area contributed by atoms with Crippen molar-refractivity contribution in [1.29, 1.82) is 0 Å². The van der Waals surface area contributed by atoms with Gasteiger partial charge in [0.2, 0.25) is 11.7 Å². The van der Waals surface area contributed by atoms with E-state index in [0.29, 0.717) is 17.4 Å². The van der Waals surface area contributed by atoms with Gasteiger partial charge in [0.1, 0.15) is 17.3 Å². The number of carbonyl (C=O) groups excluding carboxylic acids is 1. The van der Waals surface area contributed by atoms with Crippen LogP contribution in [0, 0.1) is 12.7 Å². The highest BCUT2D eigenvalue weighted by Crippen LogP contribution is 2.35. The highest BCUT2D eigenvalue weighted by Gasteiger charge is 2.40. The maximum absolute atomic E-state index is 15.1. The normalized spacial score (nSPS) is 11.6. The number of carbonyl (C=O) groups is 1. The zero-order valence-corrected chi connectivity index (χ0v) is 15.4. The second kappa shape index (κ2) is 7.10. The van der Waals surface area contributed by atoms with E-state index in [-0.39, 0.29) is 16.9 Å². The smallest absolute Gasteiger partial charge is 0.348 e. The SMILES string of the molecule is Cc1cc(Nc2nc(C(F)(F)c3ccc(F)cn3)nc3cc(C(N)=O)ccc23)n[nH]1. The fraction of sp³-hybridized carbons (Fsp3) is 0.105. The van der Waals surface area contributed by atoms with Gasteiger partial charge in [0.05, 0.1) is 11.7 Å². The molecule has 0 fully saturated rings. The molecular weight excluding hydrogens is 399 g/mol. The van der Waals surface area contributed by atoms with Gasteiger partial charge in [0.25, 0.3) is 0 Å². The van der Waals surface area contributed by atoms with Gasteiger partial charge >= 0.3 is 5.92 Å². The van der Waals surface area contributed by atoms with Crippen molar-refractivity contribution >= 4 is 28.4 Å². The van der Waals surface area contributed by atoms with Gasteiger partial charge in [-0.05, 0) is 37.3 Å². The van der Waals surface area contributed by atoms with Gasteiger partial charge in [-0.15, -0.1) is 0 Å². The first kappa shape index (κ1) is 19.3. The first-order valence-electron chi connectivity index (χ1n) is 8.65. The molecular formula is C19H14F3N7O. The van der Waals surface area contributed by atoms with Gasteiger partial charge in [-0.3, -0.25) is 14.9 Å². The Hall–Kier alpha value is -4.02. The van der Waals surface area contributed by atoms with Crippen LogP contribution in [-0.4, -0.2) is 31.1 Å². The number of primary amides is 1. The first-order valence-corrected chi connectivity index (χ1v) is 8.65. The molecule has 11 heteroatoms. The Morgan fingerprint density at radius 2 is 1.97 bits per heavy atom. The molecule has 8 nitrogen and oxygen atoms in total. The van der Waals surface area contributed by atoms with E-state index in [9.17, 15) is 9.18 Å². The number of amides is 1. The van der Waals surface area contributed by atoms with Gasteiger partial charge in [-0.1, -0.05) is 0 Å². The lowest BCUT2D eigenvalue weighted by Crippen LogP contribution is -2.21. The lowest BCUT2D eigenvalue weighted by atomic mass is 10.1. The molecule has 0 atom stereocenters. The van der Waals surface area contributed by atoms with Crippen molar-refractivity contribution < 1.29 is 18.0 Å². The lowest BCUT2D eigenvalue weighted by Gasteiger charge is -2.17. The van der Waals surface area contributed by atoms with E-state index in [1.54, 1.807) is 13.0 Å². The number of halogens is 3. The maximum Gasteiger partial charge on any atom is 0.348 e. The van der Waals surface area contributed by atoms with Crippen LogP contribution in [0.2, 0.25) is 0 Å². The second-order valence-electron chi connectivity index (χ2n) is 6.49. The number of fused-ring (bicyclic) bond motifs is 1. The monoisotopic (exact) mass is 413 g/mol. The number of hydrogen-bond donors (Lipinski definition) is 3. The average Bonchev–Trinajstić information content (AvgIpc) is 3.12. The standard InChI is InChI=1S/C19H14F3N7O/c1-9-6-15(29-28-9)26-17-12-4-2-10(16(23)30)7-13(12)25-18(27-17)19(21,22)14-5-3-11(20)8-24-14/h2-8H,1H3,(H2,23,30)(H2,25,26,27,28,29). The Morgan fingerprint density at radius 1 is 1.17 bits per heavy atom. The molecule has 152 valence electrons. The summed E-state index contributed by atoms with van der Waals surface area (Å²) in [5.41, 5.74) is 5.47. The summed E-state index contributed by atoms with van der Waals surface area (Å²) in [7, 11) is 0. The summed E-state index contributed by atoms with van der Waals surface area (Å²) >= 11 is 0. The van der Waals surface area contributed by atoms with Gasteiger partial charge in [0.15, 0.2) is 5.82 Å². The van der Waals surface area contributed by atoms with Crippen LogP contribution in [0.1, 0.15) is 27.6 Å². The molecule has 0 aliphatic heterocycles. The van der Waals surface area contributed by atoms with Crippen LogP contribution in [-0.2, 0) is 5.92 Å². The molecule has 1 aromatic carbocycles. The number of nitrogens with two attached hydrogens (primary N) is 1. The summed E-state index contributed by atoms with van der Waals surface area (Å²) in [6.45, 7) is 1.77. The van der Waals surface area contributed by atoms with Crippen LogP contribution in [0.3, 0.4) is 0 Å². The molecule has 0 unspecified atom stereocenters. The third-order valence-corrected chi connectivity index (χ3v) is 4.26. The fourth-order valence-electron chi connectivity index (χ4n) is 2.80. The molecule has 1 amide bonds. The minimum absolute atomic E-state index is 0.0410. The summed E-state index contributed by atoms with van der Waals surface area (Å²) in [6, 6.07) is 7.60. The lowest BCUT2D eigenvalue weighted by molar-refractivity contribution is 0.0285.